The number of benzene rings is 3. The van der Waals surface area contributed by atoms with Crippen LogP contribution in [0.25, 0.3) is 17.2 Å². The fourth-order valence-electron chi connectivity index (χ4n) is 4.07. The quantitative estimate of drug-likeness (QED) is 0.0928. The minimum Gasteiger partial charge on any atom is -0.494 e. The Balaban J connectivity index is 1.31. The summed E-state index contributed by atoms with van der Waals surface area (Å²) in [6, 6.07) is 21.7. The van der Waals surface area contributed by atoms with Crippen LogP contribution in [0.4, 0.5) is 5.69 Å². The molecule has 4 rings (SSSR count). The van der Waals surface area contributed by atoms with Crippen molar-refractivity contribution in [2.45, 2.75) is 56.7 Å². The summed E-state index contributed by atoms with van der Waals surface area (Å²) in [4.78, 5) is 18.1. The number of anilines is 1. The van der Waals surface area contributed by atoms with Gasteiger partial charge in [0.15, 0.2) is 0 Å². The lowest BCUT2D eigenvalue weighted by Gasteiger charge is -2.09. The van der Waals surface area contributed by atoms with Crippen molar-refractivity contribution in [2.75, 3.05) is 11.9 Å². The second-order valence-corrected chi connectivity index (χ2v) is 11.0. The zero-order valence-electron chi connectivity index (χ0n) is 23.1. The molecule has 1 N–H and O–H groups in total. The van der Waals surface area contributed by atoms with Gasteiger partial charge in [0, 0.05) is 45.9 Å². The number of carbonyl (C=O) groups excluding carboxylic acids is 1. The van der Waals surface area contributed by atoms with Gasteiger partial charge in [-0.3, -0.25) is 4.79 Å². The Labute approximate surface area is 246 Å². The van der Waals surface area contributed by atoms with E-state index in [1.165, 1.54) is 11.8 Å². The zero-order chi connectivity index (χ0) is 28.2. The Morgan fingerprint density at radius 2 is 1.75 bits per heavy atom. The van der Waals surface area contributed by atoms with Crippen molar-refractivity contribution in [1.29, 1.82) is 0 Å². The summed E-state index contributed by atoms with van der Waals surface area (Å²) in [5.74, 6) is 1.51. The van der Waals surface area contributed by atoms with Crippen molar-refractivity contribution in [1.82, 2.24) is 9.55 Å². The number of unbranched alkanes of at least 4 members (excludes halogenated alkanes) is 2. The van der Waals surface area contributed by atoms with Gasteiger partial charge in [0.1, 0.15) is 5.75 Å². The maximum absolute atomic E-state index is 12.6. The van der Waals surface area contributed by atoms with Crippen LogP contribution >= 0.6 is 23.4 Å². The highest BCUT2D eigenvalue weighted by Gasteiger charge is 2.06. The fourth-order valence-corrected chi connectivity index (χ4v) is 5.13. The van der Waals surface area contributed by atoms with Crippen molar-refractivity contribution < 1.29 is 9.53 Å². The van der Waals surface area contributed by atoms with E-state index in [2.05, 4.69) is 28.7 Å². The molecule has 0 aliphatic carbocycles. The molecular weight excluding hydrogens is 538 g/mol. The number of amides is 1. The second kappa shape index (κ2) is 15.3. The van der Waals surface area contributed by atoms with Crippen LogP contribution in [0.2, 0.25) is 5.02 Å². The molecule has 0 bridgehead atoms. The van der Waals surface area contributed by atoms with E-state index in [9.17, 15) is 4.79 Å². The summed E-state index contributed by atoms with van der Waals surface area (Å²) >= 11 is 8.19. The maximum atomic E-state index is 12.6. The third-order valence-electron chi connectivity index (χ3n) is 6.42. The lowest BCUT2D eigenvalue weighted by molar-refractivity contribution is -0.111. The molecule has 4 aromatic rings. The summed E-state index contributed by atoms with van der Waals surface area (Å²) in [5, 5.41) is 3.52. The molecule has 40 heavy (non-hydrogen) atoms. The van der Waals surface area contributed by atoms with Crippen LogP contribution < -0.4 is 10.1 Å². The largest absolute Gasteiger partial charge is 0.494 e. The van der Waals surface area contributed by atoms with Crippen molar-refractivity contribution in [3.8, 4) is 16.9 Å². The van der Waals surface area contributed by atoms with Crippen LogP contribution in [0.15, 0.2) is 90.2 Å². The van der Waals surface area contributed by atoms with E-state index in [1.54, 1.807) is 17.8 Å². The summed E-state index contributed by atoms with van der Waals surface area (Å²) in [5.41, 5.74) is 4.82. The van der Waals surface area contributed by atoms with E-state index in [0.29, 0.717) is 5.02 Å². The molecule has 0 saturated carbocycles. The molecule has 208 valence electrons. The first-order chi connectivity index (χ1) is 19.6. The average molecular weight is 574 g/mol. The number of rotatable bonds is 14. The molecule has 0 saturated heterocycles. The highest BCUT2D eigenvalue weighted by atomic mass is 35.5. The number of imidazole rings is 1. The Bertz CT molecular complexity index is 1400. The average Bonchev–Trinajstić information content (AvgIpc) is 3.43. The smallest absolute Gasteiger partial charge is 0.248 e. The normalized spacial score (nSPS) is 11.2. The molecule has 1 aromatic heterocycles. The molecule has 0 radical (unpaired) electrons. The van der Waals surface area contributed by atoms with Crippen LogP contribution in [0.5, 0.6) is 5.75 Å². The monoisotopic (exact) mass is 573 g/mol. The highest BCUT2D eigenvalue weighted by molar-refractivity contribution is 7.98. The Kier molecular flexibility index (Phi) is 11.3. The number of ether oxygens (including phenoxy) is 1. The van der Waals surface area contributed by atoms with Crippen molar-refractivity contribution >= 4 is 41.0 Å². The van der Waals surface area contributed by atoms with E-state index in [4.69, 9.17) is 16.3 Å². The third-order valence-corrected chi connectivity index (χ3v) is 7.81. The molecule has 0 spiro atoms. The van der Waals surface area contributed by atoms with Gasteiger partial charge >= 0.3 is 0 Å². The number of nitrogens with one attached hydrogen (secondary N) is 1. The molecule has 1 heterocycles. The molecule has 0 fully saturated rings. The standard InChI is InChI=1S/C33H36ClN3O2S/c1-3-5-19-37-24-35-22-29(37)23-40-31-15-11-28(12-16-31)36-33(38)18-10-27-21-26(9-17-32(27)34)25-7-13-30(14-8-25)39-20-6-4-2/h7-18,21-22,24H,3-6,19-20,23H2,1-2H3,(H,36,38)/b18-10+. The van der Waals surface area contributed by atoms with Crippen molar-refractivity contribution in [3.05, 3.63) is 102 Å². The molecule has 0 atom stereocenters. The molecule has 3 aromatic carbocycles. The summed E-state index contributed by atoms with van der Waals surface area (Å²) < 4.78 is 7.98. The zero-order valence-corrected chi connectivity index (χ0v) is 24.7. The fraction of sp³-hybridized carbons (Fsp3) is 0.273. The first kappa shape index (κ1) is 29.5. The number of thioether (sulfide) groups is 1. The van der Waals surface area contributed by atoms with E-state index >= 15 is 0 Å². The summed E-state index contributed by atoms with van der Waals surface area (Å²) in [7, 11) is 0. The van der Waals surface area contributed by atoms with Gasteiger partial charge in [0.05, 0.1) is 12.9 Å². The number of hydrogen-bond donors (Lipinski definition) is 1. The number of halogens is 1. The van der Waals surface area contributed by atoms with Crippen LogP contribution in [-0.4, -0.2) is 22.1 Å². The van der Waals surface area contributed by atoms with Crippen molar-refractivity contribution in [2.24, 2.45) is 0 Å². The van der Waals surface area contributed by atoms with Gasteiger partial charge < -0.3 is 14.6 Å². The first-order valence-electron chi connectivity index (χ1n) is 13.8. The summed E-state index contributed by atoms with van der Waals surface area (Å²) in [6.07, 6.45) is 11.6. The SMILES string of the molecule is CCCCOc1ccc(-c2ccc(Cl)c(/C=C/C(=O)Nc3ccc(SCc4cncn4CCCC)cc3)c2)cc1. The van der Waals surface area contributed by atoms with Gasteiger partial charge in [0.2, 0.25) is 5.91 Å². The lowest BCUT2D eigenvalue weighted by Crippen LogP contribution is -2.07. The second-order valence-electron chi connectivity index (χ2n) is 9.53. The molecule has 1 amide bonds. The Morgan fingerprint density at radius 3 is 2.50 bits per heavy atom. The van der Waals surface area contributed by atoms with Crippen molar-refractivity contribution in [3.63, 3.8) is 0 Å². The number of carbonyl (C=O) groups is 1. The minimum absolute atomic E-state index is 0.213. The third kappa shape index (κ3) is 8.77. The van der Waals surface area contributed by atoms with E-state index < -0.39 is 0 Å². The number of hydrogen-bond acceptors (Lipinski definition) is 4. The molecule has 7 heteroatoms. The Hall–Kier alpha value is -3.48. The molecule has 0 aliphatic heterocycles. The van der Waals surface area contributed by atoms with Gasteiger partial charge in [-0.1, -0.05) is 56.5 Å². The lowest BCUT2D eigenvalue weighted by atomic mass is 10.0. The van der Waals surface area contributed by atoms with E-state index in [-0.39, 0.29) is 5.91 Å². The molecular formula is C33H36ClN3O2S. The van der Waals surface area contributed by atoms with E-state index in [1.807, 2.05) is 79.3 Å². The summed E-state index contributed by atoms with van der Waals surface area (Å²) in [6.45, 7) is 6.07. The topological polar surface area (TPSA) is 56.1 Å². The van der Waals surface area contributed by atoms with Crippen LogP contribution in [-0.2, 0) is 17.1 Å². The maximum Gasteiger partial charge on any atom is 0.248 e. The van der Waals surface area contributed by atoms with Gasteiger partial charge in [-0.15, -0.1) is 11.8 Å². The van der Waals surface area contributed by atoms with Crippen LogP contribution in [0.3, 0.4) is 0 Å². The van der Waals surface area contributed by atoms with Crippen LogP contribution in [0.1, 0.15) is 50.8 Å². The number of aromatic nitrogens is 2. The minimum atomic E-state index is -0.213. The predicted octanol–water partition coefficient (Wildman–Crippen LogP) is 9.13. The van der Waals surface area contributed by atoms with Gasteiger partial charge in [-0.25, -0.2) is 4.98 Å². The predicted molar refractivity (Wildman–Crippen MR) is 168 cm³/mol. The molecule has 0 aliphatic rings. The highest BCUT2D eigenvalue weighted by Crippen LogP contribution is 2.28. The van der Waals surface area contributed by atoms with Gasteiger partial charge in [-0.2, -0.15) is 0 Å². The Morgan fingerprint density at radius 1 is 1.00 bits per heavy atom. The number of nitrogens with zero attached hydrogens (tertiary/aromatic N) is 2. The molecule has 5 nitrogen and oxygen atoms in total. The number of aryl methyl sites for hydroxylation is 1. The molecule has 0 unspecified atom stereocenters. The first-order valence-corrected chi connectivity index (χ1v) is 15.2. The van der Waals surface area contributed by atoms with E-state index in [0.717, 1.165) is 77.6 Å². The van der Waals surface area contributed by atoms with Gasteiger partial charge in [-0.05, 0) is 84.1 Å². The van der Waals surface area contributed by atoms with Gasteiger partial charge in [0.25, 0.3) is 0 Å². The van der Waals surface area contributed by atoms with Crippen LogP contribution in [0, 0.1) is 0 Å².